The highest BCUT2D eigenvalue weighted by Gasteiger charge is 2.21. The lowest BCUT2D eigenvalue weighted by Gasteiger charge is -2.17. The number of hydrogen-bond acceptors (Lipinski definition) is 4. The van der Waals surface area contributed by atoms with Crippen LogP contribution in [0.25, 0.3) is 11.5 Å². The first-order valence-electron chi connectivity index (χ1n) is 8.35. The SMILES string of the molecule is Clc1ccc([C@@H](Nc2cccc(Cl)c2)c2nnc(-c3ccccc3)o2)cc1. The van der Waals surface area contributed by atoms with E-state index in [2.05, 4.69) is 15.5 Å². The van der Waals surface area contributed by atoms with E-state index in [0.29, 0.717) is 21.8 Å². The zero-order valence-corrected chi connectivity index (χ0v) is 15.7. The molecule has 1 N–H and O–H groups in total. The molecule has 0 saturated heterocycles. The van der Waals surface area contributed by atoms with Crippen LogP contribution in [0.3, 0.4) is 0 Å². The molecule has 0 aliphatic rings. The van der Waals surface area contributed by atoms with E-state index in [-0.39, 0.29) is 6.04 Å². The summed E-state index contributed by atoms with van der Waals surface area (Å²) in [7, 11) is 0. The molecule has 4 aromatic rings. The molecule has 0 radical (unpaired) electrons. The molecule has 1 atom stereocenters. The molecular weight excluding hydrogens is 381 g/mol. The fraction of sp³-hybridized carbons (Fsp3) is 0.0476. The standard InChI is InChI=1S/C21H15Cl2N3O/c22-16-11-9-14(10-12-16)19(24-18-8-4-7-17(23)13-18)21-26-25-20(27-21)15-5-2-1-3-6-15/h1-13,19,24H/t19-/m1/s1. The summed E-state index contributed by atoms with van der Waals surface area (Å²) in [4.78, 5) is 0. The summed E-state index contributed by atoms with van der Waals surface area (Å²) in [5, 5.41) is 13.2. The van der Waals surface area contributed by atoms with Crippen LogP contribution in [0.1, 0.15) is 17.5 Å². The zero-order valence-electron chi connectivity index (χ0n) is 14.1. The quantitative estimate of drug-likeness (QED) is 0.434. The summed E-state index contributed by atoms with van der Waals surface area (Å²) in [6.45, 7) is 0. The normalized spacial score (nSPS) is 11.9. The molecule has 1 aromatic heterocycles. The number of anilines is 1. The Morgan fingerprint density at radius 1 is 0.778 bits per heavy atom. The first-order valence-corrected chi connectivity index (χ1v) is 9.11. The second kappa shape index (κ2) is 7.82. The van der Waals surface area contributed by atoms with Crippen LogP contribution in [-0.2, 0) is 0 Å². The van der Waals surface area contributed by atoms with Crippen molar-refractivity contribution < 1.29 is 4.42 Å². The summed E-state index contributed by atoms with van der Waals surface area (Å²) in [5.41, 5.74) is 2.67. The smallest absolute Gasteiger partial charge is 0.247 e. The van der Waals surface area contributed by atoms with E-state index in [4.69, 9.17) is 27.6 Å². The average Bonchev–Trinajstić information content (AvgIpc) is 3.18. The highest BCUT2D eigenvalue weighted by atomic mass is 35.5. The third-order valence-corrected chi connectivity index (χ3v) is 4.53. The minimum absolute atomic E-state index is 0.342. The first kappa shape index (κ1) is 17.6. The van der Waals surface area contributed by atoms with Crippen molar-refractivity contribution in [3.05, 3.63) is 100 Å². The predicted molar refractivity (Wildman–Crippen MR) is 108 cm³/mol. The lowest BCUT2D eigenvalue weighted by Crippen LogP contribution is -2.12. The minimum Gasteiger partial charge on any atom is -0.418 e. The lowest BCUT2D eigenvalue weighted by atomic mass is 10.1. The molecule has 1 heterocycles. The van der Waals surface area contributed by atoms with Gasteiger partial charge in [0.1, 0.15) is 6.04 Å². The molecule has 0 aliphatic heterocycles. The van der Waals surface area contributed by atoms with Gasteiger partial charge in [0.2, 0.25) is 11.8 Å². The van der Waals surface area contributed by atoms with Gasteiger partial charge in [-0.1, -0.05) is 59.6 Å². The van der Waals surface area contributed by atoms with E-state index >= 15 is 0 Å². The van der Waals surface area contributed by atoms with Crippen LogP contribution in [-0.4, -0.2) is 10.2 Å². The van der Waals surface area contributed by atoms with Gasteiger partial charge in [0, 0.05) is 21.3 Å². The van der Waals surface area contributed by atoms with Gasteiger partial charge >= 0.3 is 0 Å². The molecule has 0 amide bonds. The van der Waals surface area contributed by atoms with E-state index < -0.39 is 0 Å². The number of rotatable bonds is 5. The zero-order chi connectivity index (χ0) is 18.6. The topological polar surface area (TPSA) is 51.0 Å². The van der Waals surface area contributed by atoms with Gasteiger partial charge < -0.3 is 9.73 Å². The Morgan fingerprint density at radius 3 is 2.30 bits per heavy atom. The molecule has 0 bridgehead atoms. The Morgan fingerprint density at radius 2 is 1.56 bits per heavy atom. The number of benzene rings is 3. The maximum atomic E-state index is 6.12. The molecule has 3 aromatic carbocycles. The van der Waals surface area contributed by atoms with Gasteiger partial charge in [0.15, 0.2) is 0 Å². The summed E-state index contributed by atoms with van der Waals surface area (Å²) in [6.07, 6.45) is 0. The molecular formula is C21H15Cl2N3O. The van der Waals surface area contributed by atoms with Gasteiger partial charge in [-0.05, 0) is 48.0 Å². The van der Waals surface area contributed by atoms with Crippen LogP contribution in [0, 0.1) is 0 Å². The summed E-state index contributed by atoms with van der Waals surface area (Å²) in [5.74, 6) is 0.925. The maximum absolute atomic E-state index is 6.12. The molecule has 0 fully saturated rings. The minimum atomic E-state index is -0.342. The molecule has 4 nitrogen and oxygen atoms in total. The Labute approximate surface area is 166 Å². The van der Waals surface area contributed by atoms with Crippen molar-refractivity contribution in [2.45, 2.75) is 6.04 Å². The number of nitrogens with one attached hydrogen (secondary N) is 1. The Bertz CT molecular complexity index is 1030. The van der Waals surface area contributed by atoms with Crippen LogP contribution in [0.4, 0.5) is 5.69 Å². The number of nitrogens with zero attached hydrogens (tertiary/aromatic N) is 2. The van der Waals surface area contributed by atoms with Gasteiger partial charge in [-0.3, -0.25) is 0 Å². The van der Waals surface area contributed by atoms with Gasteiger partial charge in [-0.25, -0.2) is 0 Å². The Kier molecular flexibility index (Phi) is 5.10. The van der Waals surface area contributed by atoms with Crippen molar-refractivity contribution in [1.82, 2.24) is 10.2 Å². The third kappa shape index (κ3) is 4.13. The van der Waals surface area contributed by atoms with Crippen LogP contribution < -0.4 is 5.32 Å². The average molecular weight is 396 g/mol. The Hall–Kier alpha value is -2.82. The van der Waals surface area contributed by atoms with E-state index in [9.17, 15) is 0 Å². The summed E-state index contributed by atoms with van der Waals surface area (Å²) >= 11 is 12.2. The predicted octanol–water partition coefficient (Wildman–Crippen LogP) is 6.24. The van der Waals surface area contributed by atoms with Crippen molar-refractivity contribution in [2.75, 3.05) is 5.32 Å². The molecule has 4 rings (SSSR count). The largest absolute Gasteiger partial charge is 0.418 e. The molecule has 134 valence electrons. The van der Waals surface area contributed by atoms with Gasteiger partial charge in [0.05, 0.1) is 0 Å². The van der Waals surface area contributed by atoms with Crippen LogP contribution in [0.2, 0.25) is 10.0 Å². The molecule has 0 aliphatic carbocycles. The molecule has 0 spiro atoms. The van der Waals surface area contributed by atoms with E-state index in [0.717, 1.165) is 16.8 Å². The van der Waals surface area contributed by atoms with E-state index in [1.807, 2.05) is 78.9 Å². The second-order valence-corrected chi connectivity index (χ2v) is 6.82. The van der Waals surface area contributed by atoms with Crippen LogP contribution in [0.5, 0.6) is 0 Å². The van der Waals surface area contributed by atoms with Crippen molar-refractivity contribution in [2.24, 2.45) is 0 Å². The number of halogens is 2. The molecule has 0 saturated carbocycles. The van der Waals surface area contributed by atoms with Crippen LogP contribution in [0.15, 0.2) is 83.3 Å². The highest BCUT2D eigenvalue weighted by Crippen LogP contribution is 2.30. The van der Waals surface area contributed by atoms with Gasteiger partial charge in [-0.2, -0.15) is 0 Å². The van der Waals surface area contributed by atoms with Crippen molar-refractivity contribution in [1.29, 1.82) is 0 Å². The van der Waals surface area contributed by atoms with Crippen molar-refractivity contribution >= 4 is 28.9 Å². The number of aromatic nitrogens is 2. The van der Waals surface area contributed by atoms with E-state index in [1.54, 1.807) is 0 Å². The van der Waals surface area contributed by atoms with Gasteiger partial charge in [-0.15, -0.1) is 10.2 Å². The van der Waals surface area contributed by atoms with Crippen molar-refractivity contribution in [3.63, 3.8) is 0 Å². The fourth-order valence-electron chi connectivity index (χ4n) is 2.74. The van der Waals surface area contributed by atoms with Gasteiger partial charge in [0.25, 0.3) is 0 Å². The fourth-order valence-corrected chi connectivity index (χ4v) is 3.05. The monoisotopic (exact) mass is 395 g/mol. The highest BCUT2D eigenvalue weighted by molar-refractivity contribution is 6.31. The molecule has 0 unspecified atom stereocenters. The second-order valence-electron chi connectivity index (χ2n) is 5.95. The summed E-state index contributed by atoms with van der Waals surface area (Å²) in [6, 6.07) is 24.3. The summed E-state index contributed by atoms with van der Waals surface area (Å²) < 4.78 is 5.97. The maximum Gasteiger partial charge on any atom is 0.247 e. The lowest BCUT2D eigenvalue weighted by molar-refractivity contribution is 0.494. The third-order valence-electron chi connectivity index (χ3n) is 4.05. The van der Waals surface area contributed by atoms with Crippen LogP contribution >= 0.6 is 23.2 Å². The van der Waals surface area contributed by atoms with E-state index in [1.165, 1.54) is 0 Å². The molecule has 6 heteroatoms. The first-order chi connectivity index (χ1) is 13.2. The molecule has 27 heavy (non-hydrogen) atoms. The number of hydrogen-bond donors (Lipinski definition) is 1. The Balaban J connectivity index is 1.71. The van der Waals surface area contributed by atoms with Crippen molar-refractivity contribution in [3.8, 4) is 11.5 Å².